The average Bonchev–Trinajstić information content (AvgIpc) is 1.83. The molecule has 0 aliphatic carbocycles. The number of hydrogen-bond donors (Lipinski definition) is 0. The Labute approximate surface area is 51.3 Å². The monoisotopic (exact) mass is 115 g/mol. The Balaban J connectivity index is 3.07. The molecule has 0 fully saturated rings. The van der Waals surface area contributed by atoms with E-state index in [1.807, 2.05) is 13.2 Å². The van der Waals surface area contributed by atoms with Crippen LogP contribution in [0.3, 0.4) is 0 Å². The molecule has 0 atom stereocenters. The second-order valence-corrected chi connectivity index (χ2v) is 1.48. The molecule has 0 aromatic heterocycles. The predicted octanol–water partition coefficient (Wildman–Crippen LogP) is 0.921. The summed E-state index contributed by atoms with van der Waals surface area (Å²) in [6, 6.07) is 0. The van der Waals surface area contributed by atoms with Gasteiger partial charge in [-0.25, -0.2) is 0 Å². The molecule has 0 aliphatic rings. The molecule has 0 bridgehead atoms. The number of rotatable bonds is 4. The van der Waals surface area contributed by atoms with Crippen LogP contribution in [0.1, 0.15) is 13.3 Å². The van der Waals surface area contributed by atoms with Gasteiger partial charge in [0.1, 0.15) is 0 Å². The first-order chi connectivity index (χ1) is 3.85. The third-order valence-electron chi connectivity index (χ3n) is 0.893. The lowest BCUT2D eigenvalue weighted by atomic mass is 9.83. The van der Waals surface area contributed by atoms with Crippen molar-refractivity contribution >= 4 is 7.12 Å². The van der Waals surface area contributed by atoms with Crippen LogP contribution in [0.2, 0.25) is 0 Å². The van der Waals surface area contributed by atoms with E-state index in [9.17, 15) is 0 Å². The first-order valence-electron chi connectivity index (χ1n) is 2.74. The Kier molecular flexibility index (Phi) is 5.12. The molecule has 3 heteroatoms. The molecular weight excluding hydrogens is 103 g/mol. The number of hydrogen-bond acceptors (Lipinski definition) is 2. The first-order valence-corrected chi connectivity index (χ1v) is 2.74. The maximum absolute atomic E-state index is 4.86. The van der Waals surface area contributed by atoms with Gasteiger partial charge in [-0.05, 0) is 6.32 Å². The molecule has 0 rings (SSSR count). The van der Waals surface area contributed by atoms with Crippen molar-refractivity contribution in [2.75, 3.05) is 14.2 Å². The molecule has 0 aromatic carbocycles. The zero-order valence-electron chi connectivity index (χ0n) is 5.68. The lowest BCUT2D eigenvalue weighted by molar-refractivity contribution is 0.285. The predicted molar refractivity (Wildman–Crippen MR) is 34.4 cm³/mol. The summed E-state index contributed by atoms with van der Waals surface area (Å²) >= 11 is 0. The zero-order chi connectivity index (χ0) is 6.41. The van der Waals surface area contributed by atoms with Crippen LogP contribution in [-0.4, -0.2) is 21.3 Å². The van der Waals surface area contributed by atoms with Crippen molar-refractivity contribution in [3.05, 3.63) is 6.32 Å². The van der Waals surface area contributed by atoms with Crippen molar-refractivity contribution < 1.29 is 9.31 Å². The normalized spacial score (nSPS) is 9.38. The molecule has 1 radical (unpaired) electrons. The standard InChI is InChI=1S/C5H12BO2/c1-4-5-6(7-2)8-3/h5H,4H2,1-3H3. The minimum absolute atomic E-state index is 0.125. The van der Waals surface area contributed by atoms with E-state index in [0.29, 0.717) is 0 Å². The summed E-state index contributed by atoms with van der Waals surface area (Å²) in [7, 11) is 3.13. The maximum Gasteiger partial charge on any atom is 0.459 e. The molecular formula is C5H12BO2. The summed E-state index contributed by atoms with van der Waals surface area (Å²) in [4.78, 5) is 0. The second-order valence-electron chi connectivity index (χ2n) is 1.48. The van der Waals surface area contributed by atoms with Crippen LogP contribution in [0.5, 0.6) is 0 Å². The summed E-state index contributed by atoms with van der Waals surface area (Å²) in [5.74, 6) is 0. The average molecular weight is 115 g/mol. The topological polar surface area (TPSA) is 18.5 Å². The zero-order valence-corrected chi connectivity index (χ0v) is 5.68. The third kappa shape index (κ3) is 3.05. The van der Waals surface area contributed by atoms with Crippen LogP contribution >= 0.6 is 0 Å². The molecule has 0 unspecified atom stereocenters. The second kappa shape index (κ2) is 5.13. The lowest BCUT2D eigenvalue weighted by Crippen LogP contribution is -2.19. The highest BCUT2D eigenvalue weighted by Gasteiger charge is 2.10. The third-order valence-corrected chi connectivity index (χ3v) is 0.893. The molecule has 8 heavy (non-hydrogen) atoms. The van der Waals surface area contributed by atoms with Gasteiger partial charge >= 0.3 is 7.12 Å². The SMILES string of the molecule is CC[CH]B(OC)OC. The van der Waals surface area contributed by atoms with E-state index in [4.69, 9.17) is 9.31 Å². The van der Waals surface area contributed by atoms with Crippen molar-refractivity contribution in [2.24, 2.45) is 0 Å². The minimum Gasteiger partial charge on any atom is -0.414 e. The Hall–Kier alpha value is -0.0151. The molecule has 47 valence electrons. The molecule has 0 heterocycles. The highest BCUT2D eigenvalue weighted by atomic mass is 16.6. The van der Waals surface area contributed by atoms with Crippen LogP contribution in [-0.2, 0) is 9.31 Å². The van der Waals surface area contributed by atoms with Gasteiger partial charge in [-0.1, -0.05) is 13.3 Å². The van der Waals surface area contributed by atoms with Gasteiger partial charge in [-0.15, -0.1) is 0 Å². The van der Waals surface area contributed by atoms with E-state index in [1.54, 1.807) is 14.2 Å². The molecule has 0 aromatic rings. The largest absolute Gasteiger partial charge is 0.459 e. The van der Waals surface area contributed by atoms with E-state index >= 15 is 0 Å². The van der Waals surface area contributed by atoms with Crippen molar-refractivity contribution in [1.82, 2.24) is 0 Å². The molecule has 2 nitrogen and oxygen atoms in total. The Bertz CT molecular complexity index is 45.7. The fraction of sp³-hybridized carbons (Fsp3) is 0.800. The van der Waals surface area contributed by atoms with Gasteiger partial charge in [-0.3, -0.25) is 0 Å². The smallest absolute Gasteiger partial charge is 0.414 e. The van der Waals surface area contributed by atoms with Crippen LogP contribution in [0.15, 0.2) is 0 Å². The van der Waals surface area contributed by atoms with E-state index in [-0.39, 0.29) is 7.12 Å². The maximum atomic E-state index is 4.86. The van der Waals surface area contributed by atoms with Gasteiger partial charge in [0.2, 0.25) is 0 Å². The Morgan fingerprint density at radius 3 is 2.00 bits per heavy atom. The Morgan fingerprint density at radius 2 is 1.88 bits per heavy atom. The quantitative estimate of drug-likeness (QED) is 0.507. The van der Waals surface area contributed by atoms with Gasteiger partial charge < -0.3 is 9.31 Å². The molecule has 0 N–H and O–H groups in total. The summed E-state index contributed by atoms with van der Waals surface area (Å²) < 4.78 is 9.72. The van der Waals surface area contributed by atoms with Gasteiger partial charge in [0, 0.05) is 14.2 Å². The van der Waals surface area contributed by atoms with Crippen LogP contribution in [0.25, 0.3) is 0 Å². The van der Waals surface area contributed by atoms with Gasteiger partial charge in [0.15, 0.2) is 0 Å². The summed E-state index contributed by atoms with van der Waals surface area (Å²) in [5.41, 5.74) is 0. The summed E-state index contributed by atoms with van der Waals surface area (Å²) in [6.07, 6.45) is 2.94. The highest BCUT2D eigenvalue weighted by Crippen LogP contribution is 1.92. The minimum atomic E-state index is -0.125. The van der Waals surface area contributed by atoms with E-state index in [2.05, 4.69) is 0 Å². The van der Waals surface area contributed by atoms with Crippen LogP contribution in [0, 0.1) is 6.32 Å². The fourth-order valence-electron chi connectivity index (χ4n) is 0.481. The highest BCUT2D eigenvalue weighted by molar-refractivity contribution is 6.48. The van der Waals surface area contributed by atoms with E-state index in [0.717, 1.165) is 6.42 Å². The molecule has 0 saturated heterocycles. The Morgan fingerprint density at radius 1 is 1.38 bits per heavy atom. The van der Waals surface area contributed by atoms with E-state index < -0.39 is 0 Å². The van der Waals surface area contributed by atoms with Crippen LogP contribution in [0.4, 0.5) is 0 Å². The van der Waals surface area contributed by atoms with E-state index in [1.165, 1.54) is 0 Å². The lowest BCUT2D eigenvalue weighted by Gasteiger charge is -2.04. The van der Waals surface area contributed by atoms with Crippen molar-refractivity contribution in [3.63, 3.8) is 0 Å². The van der Waals surface area contributed by atoms with Crippen molar-refractivity contribution in [1.29, 1.82) is 0 Å². The molecule has 0 amide bonds. The van der Waals surface area contributed by atoms with Gasteiger partial charge in [0.05, 0.1) is 0 Å². The van der Waals surface area contributed by atoms with Crippen LogP contribution < -0.4 is 0 Å². The van der Waals surface area contributed by atoms with Gasteiger partial charge in [-0.2, -0.15) is 0 Å². The first kappa shape index (κ1) is 7.98. The van der Waals surface area contributed by atoms with Crippen molar-refractivity contribution in [3.8, 4) is 0 Å². The fourth-order valence-corrected chi connectivity index (χ4v) is 0.481. The summed E-state index contributed by atoms with van der Waals surface area (Å²) in [6.45, 7) is 2.05. The van der Waals surface area contributed by atoms with Gasteiger partial charge in [0.25, 0.3) is 0 Å². The molecule has 0 saturated carbocycles. The van der Waals surface area contributed by atoms with Crippen molar-refractivity contribution in [2.45, 2.75) is 13.3 Å². The molecule has 0 aliphatic heterocycles. The summed E-state index contributed by atoms with van der Waals surface area (Å²) in [5, 5.41) is 0. The molecule has 0 spiro atoms.